The third-order valence-corrected chi connectivity index (χ3v) is 4.22. The van der Waals surface area contributed by atoms with Gasteiger partial charge in [0.1, 0.15) is 6.07 Å². The maximum absolute atomic E-state index is 9.32. The fourth-order valence-corrected chi connectivity index (χ4v) is 2.72. The van der Waals surface area contributed by atoms with E-state index in [4.69, 9.17) is 0 Å². The molecule has 2 rings (SSSR count). The summed E-state index contributed by atoms with van der Waals surface area (Å²) in [6.07, 6.45) is 1.97. The van der Waals surface area contributed by atoms with E-state index in [-0.39, 0.29) is 0 Å². The molecule has 1 N–H and O–H groups in total. The number of nitriles is 1. The number of aryl methyl sites for hydroxylation is 1. The van der Waals surface area contributed by atoms with E-state index in [9.17, 15) is 5.26 Å². The van der Waals surface area contributed by atoms with E-state index >= 15 is 0 Å². The van der Waals surface area contributed by atoms with Crippen LogP contribution in [0.25, 0.3) is 0 Å². The summed E-state index contributed by atoms with van der Waals surface area (Å²) < 4.78 is 0.983. The summed E-state index contributed by atoms with van der Waals surface area (Å²) >= 11 is 5.10. The molecule has 0 aliphatic heterocycles. The predicted octanol–water partition coefficient (Wildman–Crippen LogP) is 5.09. The van der Waals surface area contributed by atoms with Gasteiger partial charge in [-0.3, -0.25) is 0 Å². The Morgan fingerprint density at radius 2 is 2.00 bits per heavy atom. The molecule has 0 aliphatic rings. The van der Waals surface area contributed by atoms with Crippen molar-refractivity contribution in [3.63, 3.8) is 0 Å². The number of thioether (sulfide) groups is 1. The molecular weight excluding hydrogens is 320 g/mol. The molecule has 2 aromatic carbocycles. The number of rotatable bonds is 3. The Morgan fingerprint density at radius 1 is 1.21 bits per heavy atom. The first kappa shape index (κ1) is 14.0. The number of hydrogen-bond donors (Lipinski definition) is 1. The van der Waals surface area contributed by atoms with Crippen LogP contribution >= 0.6 is 27.7 Å². The van der Waals surface area contributed by atoms with Crippen LogP contribution in [0.2, 0.25) is 0 Å². The fraction of sp³-hybridized carbons (Fsp3) is 0.133. The van der Waals surface area contributed by atoms with Gasteiger partial charge in [-0.25, -0.2) is 0 Å². The maximum Gasteiger partial charge on any atom is 0.103 e. The summed E-state index contributed by atoms with van der Waals surface area (Å²) in [6.45, 7) is 2.04. The van der Waals surface area contributed by atoms with Gasteiger partial charge in [-0.05, 0) is 58.9 Å². The smallest absolute Gasteiger partial charge is 0.103 e. The van der Waals surface area contributed by atoms with Crippen molar-refractivity contribution >= 4 is 39.1 Å². The van der Waals surface area contributed by atoms with Gasteiger partial charge in [-0.2, -0.15) is 5.26 Å². The van der Waals surface area contributed by atoms with Gasteiger partial charge in [0.15, 0.2) is 0 Å². The molecule has 19 heavy (non-hydrogen) atoms. The quantitative estimate of drug-likeness (QED) is 0.794. The molecule has 0 saturated heterocycles. The molecular formula is C15H13BrN2S. The predicted molar refractivity (Wildman–Crippen MR) is 85.1 cm³/mol. The van der Waals surface area contributed by atoms with Gasteiger partial charge in [0, 0.05) is 9.37 Å². The van der Waals surface area contributed by atoms with Crippen LogP contribution in [0.5, 0.6) is 0 Å². The molecule has 0 fully saturated rings. The van der Waals surface area contributed by atoms with Crippen molar-refractivity contribution in [1.29, 1.82) is 5.26 Å². The van der Waals surface area contributed by atoms with Crippen LogP contribution in [0, 0.1) is 18.3 Å². The van der Waals surface area contributed by atoms with Crippen molar-refractivity contribution in [1.82, 2.24) is 0 Å². The van der Waals surface area contributed by atoms with Crippen LogP contribution < -0.4 is 5.32 Å². The number of nitrogens with zero attached hydrogens (tertiary/aromatic N) is 1. The van der Waals surface area contributed by atoms with Crippen molar-refractivity contribution in [2.45, 2.75) is 11.8 Å². The van der Waals surface area contributed by atoms with Crippen LogP contribution in [0.4, 0.5) is 11.4 Å². The van der Waals surface area contributed by atoms with Gasteiger partial charge in [0.2, 0.25) is 0 Å². The van der Waals surface area contributed by atoms with Crippen molar-refractivity contribution in [3.05, 3.63) is 52.0 Å². The van der Waals surface area contributed by atoms with Gasteiger partial charge in [0.25, 0.3) is 0 Å². The Bertz CT molecular complexity index is 647. The maximum atomic E-state index is 9.32. The van der Waals surface area contributed by atoms with Gasteiger partial charge in [-0.1, -0.05) is 12.1 Å². The van der Waals surface area contributed by atoms with E-state index in [2.05, 4.69) is 33.4 Å². The van der Waals surface area contributed by atoms with Crippen LogP contribution in [-0.2, 0) is 0 Å². The zero-order valence-corrected chi connectivity index (χ0v) is 13.1. The summed E-state index contributed by atoms with van der Waals surface area (Å²) in [5.41, 5.74) is 3.66. The van der Waals surface area contributed by atoms with Crippen molar-refractivity contribution in [3.8, 4) is 6.07 Å². The Kier molecular flexibility index (Phi) is 4.52. The van der Waals surface area contributed by atoms with E-state index in [1.54, 1.807) is 11.8 Å². The molecule has 0 aromatic heterocycles. The molecule has 2 aromatic rings. The minimum atomic E-state index is 0.684. The number of anilines is 2. The topological polar surface area (TPSA) is 35.8 Å². The monoisotopic (exact) mass is 332 g/mol. The molecule has 0 amide bonds. The zero-order chi connectivity index (χ0) is 13.8. The largest absolute Gasteiger partial charge is 0.353 e. The van der Waals surface area contributed by atoms with E-state index in [0.29, 0.717) is 5.56 Å². The van der Waals surface area contributed by atoms with Crippen LogP contribution in [0.3, 0.4) is 0 Å². The molecule has 0 saturated carbocycles. The van der Waals surface area contributed by atoms with E-state index in [1.807, 2.05) is 43.5 Å². The summed E-state index contributed by atoms with van der Waals surface area (Å²) in [6, 6.07) is 14.2. The van der Waals surface area contributed by atoms with Crippen molar-refractivity contribution in [2.75, 3.05) is 11.6 Å². The molecule has 0 aliphatic carbocycles. The highest BCUT2D eigenvalue weighted by Crippen LogP contribution is 2.31. The van der Waals surface area contributed by atoms with Gasteiger partial charge < -0.3 is 5.32 Å². The van der Waals surface area contributed by atoms with Crippen molar-refractivity contribution < 1.29 is 0 Å². The molecule has 2 nitrogen and oxygen atoms in total. The first-order chi connectivity index (χ1) is 9.15. The highest BCUT2D eigenvalue weighted by atomic mass is 79.9. The minimum absolute atomic E-state index is 0.684. The van der Waals surface area contributed by atoms with Gasteiger partial charge in [0.05, 0.1) is 16.9 Å². The Morgan fingerprint density at radius 3 is 2.68 bits per heavy atom. The molecule has 4 heteroatoms. The lowest BCUT2D eigenvalue weighted by molar-refractivity contribution is 1.35. The molecule has 0 atom stereocenters. The van der Waals surface area contributed by atoms with Crippen LogP contribution in [0.1, 0.15) is 11.1 Å². The number of halogens is 1. The molecule has 0 spiro atoms. The average Bonchev–Trinajstić information content (AvgIpc) is 2.42. The second-order valence-electron chi connectivity index (χ2n) is 4.10. The number of benzene rings is 2. The molecule has 0 heterocycles. The zero-order valence-electron chi connectivity index (χ0n) is 10.7. The van der Waals surface area contributed by atoms with Gasteiger partial charge in [-0.15, -0.1) is 11.8 Å². The second-order valence-corrected chi connectivity index (χ2v) is 5.81. The third-order valence-electron chi connectivity index (χ3n) is 2.75. The lowest BCUT2D eigenvalue weighted by Gasteiger charge is -2.12. The first-order valence-corrected chi connectivity index (χ1v) is 7.77. The van der Waals surface area contributed by atoms with Crippen LogP contribution in [-0.4, -0.2) is 6.26 Å². The number of nitrogens with one attached hydrogen (secondary N) is 1. The van der Waals surface area contributed by atoms with Crippen LogP contribution in [0.15, 0.2) is 45.8 Å². The molecule has 0 radical (unpaired) electrons. The summed E-state index contributed by atoms with van der Waals surface area (Å²) in [5, 5.41) is 12.6. The summed E-state index contributed by atoms with van der Waals surface area (Å²) in [4.78, 5) is 0.983. The Labute approximate surface area is 126 Å². The second kappa shape index (κ2) is 6.14. The summed E-state index contributed by atoms with van der Waals surface area (Å²) in [5.74, 6) is 0. The molecule has 0 bridgehead atoms. The number of hydrogen-bond acceptors (Lipinski definition) is 3. The minimum Gasteiger partial charge on any atom is -0.353 e. The summed E-state index contributed by atoms with van der Waals surface area (Å²) in [7, 11) is 0. The lowest BCUT2D eigenvalue weighted by atomic mass is 10.1. The highest BCUT2D eigenvalue weighted by Gasteiger charge is 2.09. The van der Waals surface area contributed by atoms with Crippen molar-refractivity contribution in [2.24, 2.45) is 0 Å². The average molecular weight is 333 g/mol. The first-order valence-electron chi connectivity index (χ1n) is 5.76. The lowest BCUT2D eigenvalue weighted by Crippen LogP contribution is -1.96. The Hall–Kier alpha value is -1.44. The van der Waals surface area contributed by atoms with E-state index < -0.39 is 0 Å². The van der Waals surface area contributed by atoms with E-state index in [0.717, 1.165) is 20.7 Å². The standard InChI is InChI=1S/C15H13BrN2S/c1-10-6-7-12(16)14(8-10)18-13-4-3-5-15(19-2)11(13)9-17/h3-8,18H,1-2H3. The Balaban J connectivity index is 2.44. The van der Waals surface area contributed by atoms with Gasteiger partial charge >= 0.3 is 0 Å². The third kappa shape index (κ3) is 3.12. The normalized spacial score (nSPS) is 10.0. The molecule has 96 valence electrons. The van der Waals surface area contributed by atoms with E-state index in [1.165, 1.54) is 5.56 Å². The SMILES string of the molecule is CSc1cccc(Nc2cc(C)ccc2Br)c1C#N. The fourth-order valence-electron chi connectivity index (χ4n) is 1.80. The molecule has 0 unspecified atom stereocenters. The highest BCUT2D eigenvalue weighted by molar-refractivity contribution is 9.10.